The highest BCUT2D eigenvalue weighted by Gasteiger charge is 2.36. The van der Waals surface area contributed by atoms with Crippen LogP contribution in [0.4, 0.5) is 0 Å². The van der Waals surface area contributed by atoms with Crippen molar-refractivity contribution in [2.75, 3.05) is 7.11 Å². The van der Waals surface area contributed by atoms with E-state index in [1.54, 1.807) is 7.11 Å². The van der Waals surface area contributed by atoms with Crippen LogP contribution in [0.2, 0.25) is 0 Å². The van der Waals surface area contributed by atoms with E-state index in [-0.39, 0.29) is 0 Å². The van der Waals surface area contributed by atoms with Gasteiger partial charge in [-0.1, -0.05) is 19.4 Å². The lowest BCUT2D eigenvalue weighted by molar-refractivity contribution is 0.0436. The van der Waals surface area contributed by atoms with Gasteiger partial charge in [-0.25, -0.2) is 0 Å². The second-order valence-corrected chi connectivity index (χ2v) is 6.24. The average Bonchev–Trinajstić information content (AvgIpc) is 2.71. The molecule has 0 saturated heterocycles. The van der Waals surface area contributed by atoms with Crippen molar-refractivity contribution >= 4 is 15.9 Å². The summed E-state index contributed by atoms with van der Waals surface area (Å²) in [5.74, 6) is 1.53. The monoisotopic (exact) mass is 312 g/mol. The minimum absolute atomic E-state index is 0.505. The molecule has 0 heterocycles. The van der Waals surface area contributed by atoms with Crippen LogP contribution in [0.1, 0.15) is 38.2 Å². The predicted molar refractivity (Wildman–Crippen MR) is 77.0 cm³/mol. The zero-order valence-corrected chi connectivity index (χ0v) is 12.7. The van der Waals surface area contributed by atoms with E-state index in [0.29, 0.717) is 5.92 Å². The Morgan fingerprint density at radius 1 is 1.50 bits per heavy atom. The van der Waals surface area contributed by atoms with Gasteiger partial charge in [-0.2, -0.15) is 0 Å². The Bertz CT molecular complexity index is 419. The van der Waals surface area contributed by atoms with E-state index in [4.69, 9.17) is 4.74 Å². The van der Waals surface area contributed by atoms with Crippen LogP contribution in [0.5, 0.6) is 5.75 Å². The largest absolute Gasteiger partial charge is 0.496 e. The molecule has 2 rings (SSSR count). The van der Waals surface area contributed by atoms with Gasteiger partial charge in [0.05, 0.1) is 17.2 Å². The lowest BCUT2D eigenvalue weighted by Gasteiger charge is -2.23. The summed E-state index contributed by atoms with van der Waals surface area (Å²) in [6.45, 7) is 2.21. The van der Waals surface area contributed by atoms with Gasteiger partial charge in [-0.15, -0.1) is 0 Å². The van der Waals surface area contributed by atoms with E-state index in [1.165, 1.54) is 12.0 Å². The van der Waals surface area contributed by atoms with Gasteiger partial charge < -0.3 is 9.84 Å². The van der Waals surface area contributed by atoms with Gasteiger partial charge in [0.15, 0.2) is 0 Å². The Morgan fingerprint density at radius 2 is 2.28 bits per heavy atom. The SMILES string of the molecule is CCC1CCC(O)(Cc2ccc(OC)c(Br)c2)C1. The first-order valence-corrected chi connectivity index (χ1v) is 7.40. The molecule has 1 N–H and O–H groups in total. The summed E-state index contributed by atoms with van der Waals surface area (Å²) in [5, 5.41) is 10.6. The van der Waals surface area contributed by atoms with Gasteiger partial charge in [0, 0.05) is 6.42 Å². The number of ether oxygens (including phenoxy) is 1. The number of aliphatic hydroxyl groups is 1. The van der Waals surface area contributed by atoms with Crippen molar-refractivity contribution in [2.24, 2.45) is 5.92 Å². The Kier molecular flexibility index (Phi) is 4.33. The maximum atomic E-state index is 10.6. The molecule has 1 aliphatic rings. The summed E-state index contributed by atoms with van der Waals surface area (Å²) in [7, 11) is 1.66. The molecule has 2 unspecified atom stereocenters. The van der Waals surface area contributed by atoms with Crippen LogP contribution in [-0.4, -0.2) is 17.8 Å². The zero-order valence-electron chi connectivity index (χ0n) is 11.1. The fraction of sp³-hybridized carbons (Fsp3) is 0.600. The van der Waals surface area contributed by atoms with Gasteiger partial charge in [0.2, 0.25) is 0 Å². The summed E-state index contributed by atoms with van der Waals surface area (Å²) in [5.41, 5.74) is 0.663. The number of hydrogen-bond donors (Lipinski definition) is 1. The molecule has 18 heavy (non-hydrogen) atoms. The van der Waals surface area contributed by atoms with Gasteiger partial charge in [0.1, 0.15) is 5.75 Å². The van der Waals surface area contributed by atoms with Crippen LogP contribution < -0.4 is 4.74 Å². The lowest BCUT2D eigenvalue weighted by Crippen LogP contribution is -2.27. The molecule has 0 spiro atoms. The van der Waals surface area contributed by atoms with Crippen LogP contribution in [0.25, 0.3) is 0 Å². The molecule has 0 amide bonds. The first kappa shape index (κ1) is 13.9. The molecule has 3 heteroatoms. The van der Waals surface area contributed by atoms with E-state index in [2.05, 4.69) is 28.9 Å². The van der Waals surface area contributed by atoms with Crippen LogP contribution in [0, 0.1) is 5.92 Å². The Balaban J connectivity index is 2.07. The summed E-state index contributed by atoms with van der Waals surface area (Å²) < 4.78 is 6.17. The molecule has 0 aromatic heterocycles. The van der Waals surface area contributed by atoms with Crippen molar-refractivity contribution in [3.05, 3.63) is 28.2 Å². The summed E-state index contributed by atoms with van der Waals surface area (Å²) >= 11 is 3.49. The molecule has 0 bridgehead atoms. The first-order valence-electron chi connectivity index (χ1n) is 6.61. The number of halogens is 1. The van der Waals surface area contributed by atoms with E-state index >= 15 is 0 Å². The number of benzene rings is 1. The van der Waals surface area contributed by atoms with Gasteiger partial charge in [0.25, 0.3) is 0 Å². The van der Waals surface area contributed by atoms with E-state index in [0.717, 1.165) is 35.9 Å². The fourth-order valence-electron chi connectivity index (χ4n) is 2.92. The Labute approximate surface area is 117 Å². The molecule has 1 saturated carbocycles. The van der Waals surface area contributed by atoms with Crippen molar-refractivity contribution in [1.82, 2.24) is 0 Å². The van der Waals surface area contributed by atoms with Crippen molar-refractivity contribution < 1.29 is 9.84 Å². The standard InChI is InChI=1S/C15H21BrO2/c1-3-11-6-7-15(17,9-11)10-12-4-5-14(18-2)13(16)8-12/h4-5,8,11,17H,3,6-7,9-10H2,1-2H3. The van der Waals surface area contributed by atoms with Crippen LogP contribution in [-0.2, 0) is 6.42 Å². The molecule has 0 radical (unpaired) electrons. The van der Waals surface area contributed by atoms with Crippen LogP contribution in [0.15, 0.2) is 22.7 Å². The fourth-order valence-corrected chi connectivity index (χ4v) is 3.51. The van der Waals surface area contributed by atoms with Crippen molar-refractivity contribution in [2.45, 2.75) is 44.6 Å². The molecule has 1 aliphatic carbocycles. The average molecular weight is 313 g/mol. The zero-order chi connectivity index (χ0) is 13.2. The minimum atomic E-state index is -0.505. The molecular weight excluding hydrogens is 292 g/mol. The lowest BCUT2D eigenvalue weighted by atomic mass is 9.91. The number of rotatable bonds is 4. The second-order valence-electron chi connectivity index (χ2n) is 5.39. The molecule has 1 aromatic rings. The second kappa shape index (κ2) is 5.62. The van der Waals surface area contributed by atoms with Crippen molar-refractivity contribution in [3.63, 3.8) is 0 Å². The molecule has 2 nitrogen and oxygen atoms in total. The van der Waals surface area contributed by atoms with Gasteiger partial charge >= 0.3 is 0 Å². The first-order chi connectivity index (χ1) is 8.56. The number of hydrogen-bond acceptors (Lipinski definition) is 2. The van der Waals surface area contributed by atoms with Crippen LogP contribution in [0.3, 0.4) is 0 Å². The predicted octanol–water partition coefficient (Wildman–Crippen LogP) is 3.94. The minimum Gasteiger partial charge on any atom is -0.496 e. The normalized spacial score (nSPS) is 27.4. The highest BCUT2D eigenvalue weighted by atomic mass is 79.9. The third kappa shape index (κ3) is 3.07. The molecule has 1 aromatic carbocycles. The summed E-state index contributed by atoms with van der Waals surface area (Å²) in [6, 6.07) is 6.05. The van der Waals surface area contributed by atoms with E-state index < -0.39 is 5.60 Å². The van der Waals surface area contributed by atoms with Crippen molar-refractivity contribution in [3.8, 4) is 5.75 Å². The molecule has 2 atom stereocenters. The third-order valence-corrected chi connectivity index (χ3v) is 4.63. The highest BCUT2D eigenvalue weighted by Crippen LogP contribution is 2.39. The summed E-state index contributed by atoms with van der Waals surface area (Å²) in [6.07, 6.45) is 4.94. The Morgan fingerprint density at radius 3 is 2.83 bits per heavy atom. The molecular formula is C15H21BrO2. The van der Waals surface area contributed by atoms with Crippen molar-refractivity contribution in [1.29, 1.82) is 0 Å². The van der Waals surface area contributed by atoms with Gasteiger partial charge in [-0.05, 0) is 58.8 Å². The van der Waals surface area contributed by atoms with Crippen LogP contribution >= 0.6 is 15.9 Å². The van der Waals surface area contributed by atoms with E-state index in [1.807, 2.05) is 12.1 Å². The highest BCUT2D eigenvalue weighted by molar-refractivity contribution is 9.10. The third-order valence-electron chi connectivity index (χ3n) is 4.01. The maximum Gasteiger partial charge on any atom is 0.133 e. The maximum absolute atomic E-state index is 10.6. The molecule has 100 valence electrons. The smallest absolute Gasteiger partial charge is 0.133 e. The van der Waals surface area contributed by atoms with E-state index in [9.17, 15) is 5.11 Å². The molecule has 0 aliphatic heterocycles. The Hall–Kier alpha value is -0.540. The number of methoxy groups -OCH3 is 1. The quantitative estimate of drug-likeness (QED) is 0.912. The van der Waals surface area contributed by atoms with Gasteiger partial charge in [-0.3, -0.25) is 0 Å². The summed E-state index contributed by atoms with van der Waals surface area (Å²) in [4.78, 5) is 0. The topological polar surface area (TPSA) is 29.5 Å². The molecule has 1 fully saturated rings.